The van der Waals surface area contributed by atoms with E-state index in [0.717, 1.165) is 18.6 Å². The molecule has 0 radical (unpaired) electrons. The largest absolute Gasteiger partial charge is 0.416 e. The monoisotopic (exact) mass is 358 g/mol. The van der Waals surface area contributed by atoms with Crippen molar-refractivity contribution >= 4 is 17.5 Å². The molecule has 0 aliphatic rings. The Morgan fingerprint density at radius 1 is 1.04 bits per heavy atom. The number of amides is 2. The second kappa shape index (κ2) is 8.36. The zero-order valence-corrected chi connectivity index (χ0v) is 15.0. The molecule has 25 heavy (non-hydrogen) atoms. The molecule has 0 heterocycles. The maximum absolute atomic E-state index is 12.5. The van der Waals surface area contributed by atoms with Crippen LogP contribution in [0.5, 0.6) is 0 Å². The van der Waals surface area contributed by atoms with E-state index < -0.39 is 17.6 Å². The van der Waals surface area contributed by atoms with Gasteiger partial charge >= 0.3 is 6.18 Å². The Bertz CT molecular complexity index is 590. The number of benzene rings is 1. The summed E-state index contributed by atoms with van der Waals surface area (Å²) in [6.07, 6.45) is -3.21. The molecule has 2 amide bonds. The number of carbonyl (C=O) groups excluding carboxylic acids is 2. The third kappa shape index (κ3) is 8.56. The summed E-state index contributed by atoms with van der Waals surface area (Å²) in [5, 5.41) is 4.97. The molecule has 1 unspecified atom stereocenters. The average Bonchev–Trinajstić information content (AvgIpc) is 2.42. The minimum absolute atomic E-state index is 0.125. The molecule has 1 aromatic rings. The van der Waals surface area contributed by atoms with Crippen LogP contribution >= 0.6 is 0 Å². The fourth-order valence-corrected chi connectivity index (χ4v) is 2.63. The molecule has 0 aliphatic carbocycles. The maximum Gasteiger partial charge on any atom is 0.416 e. The van der Waals surface area contributed by atoms with Crippen LogP contribution in [0.2, 0.25) is 0 Å². The van der Waals surface area contributed by atoms with Crippen molar-refractivity contribution in [3.63, 3.8) is 0 Å². The van der Waals surface area contributed by atoms with Crippen LogP contribution in [0.3, 0.4) is 0 Å². The summed E-state index contributed by atoms with van der Waals surface area (Å²) in [6, 6.07) is 4.13. The number of hydrogen-bond acceptors (Lipinski definition) is 2. The van der Waals surface area contributed by atoms with Crippen LogP contribution in [0.15, 0.2) is 24.3 Å². The molecule has 2 N–H and O–H groups in total. The molecule has 0 fully saturated rings. The standard InChI is InChI=1S/C18H25F3N2O2/c1-12(10-17(2,3)4)9-15(24)22-11-16(25)23-14-7-5-13(6-8-14)18(19,20)21/h5-8,12H,9-11H2,1-4H3,(H,22,24)(H,23,25). The quantitative estimate of drug-likeness (QED) is 0.800. The molecule has 0 aromatic heterocycles. The molecular weight excluding hydrogens is 333 g/mol. The van der Waals surface area contributed by atoms with E-state index in [1.54, 1.807) is 0 Å². The van der Waals surface area contributed by atoms with Gasteiger partial charge in [-0.3, -0.25) is 9.59 Å². The van der Waals surface area contributed by atoms with Crippen molar-refractivity contribution in [1.82, 2.24) is 5.32 Å². The molecule has 0 spiro atoms. The molecule has 0 saturated heterocycles. The highest BCUT2D eigenvalue weighted by Gasteiger charge is 2.30. The summed E-state index contributed by atoms with van der Waals surface area (Å²) in [5.74, 6) is -0.520. The number of hydrogen-bond donors (Lipinski definition) is 2. The summed E-state index contributed by atoms with van der Waals surface area (Å²) >= 11 is 0. The van der Waals surface area contributed by atoms with Gasteiger partial charge in [0, 0.05) is 12.1 Å². The highest BCUT2D eigenvalue weighted by atomic mass is 19.4. The van der Waals surface area contributed by atoms with Crippen LogP contribution in [0, 0.1) is 11.3 Å². The van der Waals surface area contributed by atoms with Crippen LogP contribution in [-0.2, 0) is 15.8 Å². The second-order valence-corrected chi connectivity index (χ2v) is 7.47. The molecular formula is C18H25F3N2O2. The Hall–Kier alpha value is -2.05. The molecule has 0 bridgehead atoms. The van der Waals surface area contributed by atoms with Gasteiger partial charge in [-0.15, -0.1) is 0 Å². The summed E-state index contributed by atoms with van der Waals surface area (Å²) < 4.78 is 37.4. The van der Waals surface area contributed by atoms with Crippen LogP contribution in [0.4, 0.5) is 18.9 Å². The molecule has 1 atom stereocenters. The minimum atomic E-state index is -4.42. The van der Waals surface area contributed by atoms with Gasteiger partial charge in [0.2, 0.25) is 11.8 Å². The van der Waals surface area contributed by atoms with Gasteiger partial charge in [-0.1, -0.05) is 27.7 Å². The predicted molar refractivity (Wildman–Crippen MR) is 90.9 cm³/mol. The summed E-state index contributed by atoms with van der Waals surface area (Å²) in [4.78, 5) is 23.6. The van der Waals surface area contributed by atoms with Crippen LogP contribution < -0.4 is 10.6 Å². The maximum atomic E-state index is 12.5. The van der Waals surface area contributed by atoms with Crippen molar-refractivity contribution in [2.75, 3.05) is 11.9 Å². The van der Waals surface area contributed by atoms with Crippen LogP contribution in [0.25, 0.3) is 0 Å². The third-order valence-corrected chi connectivity index (χ3v) is 3.44. The fourth-order valence-electron chi connectivity index (χ4n) is 2.63. The summed E-state index contributed by atoms with van der Waals surface area (Å²) in [5.41, 5.74) is -0.417. The topological polar surface area (TPSA) is 58.2 Å². The lowest BCUT2D eigenvalue weighted by Crippen LogP contribution is -2.33. The molecule has 0 saturated carbocycles. The van der Waals surface area contributed by atoms with Gasteiger partial charge in [-0.2, -0.15) is 13.2 Å². The fraction of sp³-hybridized carbons (Fsp3) is 0.556. The summed E-state index contributed by atoms with van der Waals surface area (Å²) in [7, 11) is 0. The van der Waals surface area contributed by atoms with Gasteiger partial charge in [0.25, 0.3) is 0 Å². The van der Waals surface area contributed by atoms with Gasteiger partial charge in [0.1, 0.15) is 0 Å². The van der Waals surface area contributed by atoms with Crippen molar-refractivity contribution in [2.45, 2.75) is 46.7 Å². The highest BCUT2D eigenvalue weighted by Crippen LogP contribution is 2.29. The number of carbonyl (C=O) groups is 2. The Balaban J connectivity index is 2.41. The van der Waals surface area contributed by atoms with E-state index in [2.05, 4.69) is 31.4 Å². The highest BCUT2D eigenvalue weighted by molar-refractivity contribution is 5.94. The van der Waals surface area contributed by atoms with Crippen molar-refractivity contribution in [3.05, 3.63) is 29.8 Å². The number of nitrogens with one attached hydrogen (secondary N) is 2. The van der Waals surface area contributed by atoms with Crippen molar-refractivity contribution in [1.29, 1.82) is 0 Å². The first-order chi connectivity index (χ1) is 11.4. The van der Waals surface area contributed by atoms with Crippen molar-refractivity contribution in [3.8, 4) is 0 Å². The van der Waals surface area contributed by atoms with E-state index in [-0.39, 0.29) is 29.5 Å². The number of anilines is 1. The lowest BCUT2D eigenvalue weighted by Gasteiger charge is -2.22. The van der Waals surface area contributed by atoms with E-state index in [0.29, 0.717) is 6.42 Å². The van der Waals surface area contributed by atoms with E-state index >= 15 is 0 Å². The molecule has 1 aromatic carbocycles. The first-order valence-corrected chi connectivity index (χ1v) is 8.10. The van der Waals surface area contributed by atoms with E-state index in [1.165, 1.54) is 12.1 Å². The van der Waals surface area contributed by atoms with E-state index in [4.69, 9.17) is 0 Å². The lowest BCUT2D eigenvalue weighted by atomic mass is 9.84. The van der Waals surface area contributed by atoms with Gasteiger partial charge < -0.3 is 10.6 Å². The first-order valence-electron chi connectivity index (χ1n) is 8.10. The van der Waals surface area contributed by atoms with Gasteiger partial charge in [-0.25, -0.2) is 0 Å². The SMILES string of the molecule is CC(CC(=O)NCC(=O)Nc1ccc(C(F)(F)F)cc1)CC(C)(C)C. The smallest absolute Gasteiger partial charge is 0.347 e. The lowest BCUT2D eigenvalue weighted by molar-refractivity contribution is -0.137. The zero-order chi connectivity index (χ0) is 19.3. The average molecular weight is 358 g/mol. The second-order valence-electron chi connectivity index (χ2n) is 7.47. The zero-order valence-electron chi connectivity index (χ0n) is 15.0. The minimum Gasteiger partial charge on any atom is -0.347 e. The Morgan fingerprint density at radius 3 is 2.08 bits per heavy atom. The summed E-state index contributed by atoms with van der Waals surface area (Å²) in [6.45, 7) is 8.05. The third-order valence-electron chi connectivity index (χ3n) is 3.44. The molecule has 7 heteroatoms. The Kier molecular flexibility index (Phi) is 7.02. The number of rotatable bonds is 6. The van der Waals surface area contributed by atoms with E-state index in [9.17, 15) is 22.8 Å². The molecule has 140 valence electrons. The van der Waals surface area contributed by atoms with Crippen LogP contribution in [0.1, 0.15) is 46.1 Å². The molecule has 0 aliphatic heterocycles. The van der Waals surface area contributed by atoms with E-state index in [1.807, 2.05) is 6.92 Å². The number of alkyl halides is 3. The normalized spacial score (nSPS) is 13.2. The molecule has 1 rings (SSSR count). The Labute approximate surface area is 146 Å². The van der Waals surface area contributed by atoms with Gasteiger partial charge in [0.15, 0.2) is 0 Å². The predicted octanol–water partition coefficient (Wildman–Crippen LogP) is 4.22. The van der Waals surface area contributed by atoms with Crippen molar-refractivity contribution in [2.24, 2.45) is 11.3 Å². The van der Waals surface area contributed by atoms with Gasteiger partial charge in [0.05, 0.1) is 12.1 Å². The molecule has 4 nitrogen and oxygen atoms in total. The number of halogens is 3. The van der Waals surface area contributed by atoms with Crippen molar-refractivity contribution < 1.29 is 22.8 Å². The van der Waals surface area contributed by atoms with Gasteiger partial charge in [-0.05, 0) is 42.0 Å². The Morgan fingerprint density at radius 2 is 1.60 bits per heavy atom. The first kappa shape index (κ1) is 21.0. The van der Waals surface area contributed by atoms with Crippen LogP contribution in [-0.4, -0.2) is 18.4 Å².